The Bertz CT molecular complexity index is 335. The highest BCUT2D eigenvalue weighted by Crippen LogP contribution is 2.19. The molecule has 0 unspecified atom stereocenters. The summed E-state index contributed by atoms with van der Waals surface area (Å²) in [6, 6.07) is 4.55. The molecule has 0 aliphatic heterocycles. The van der Waals surface area contributed by atoms with Crippen molar-refractivity contribution >= 4 is 0 Å². The van der Waals surface area contributed by atoms with Crippen molar-refractivity contribution in [1.82, 2.24) is 20.4 Å². The molecule has 1 fully saturated rings. The zero-order valence-corrected chi connectivity index (χ0v) is 10.5. The van der Waals surface area contributed by atoms with E-state index < -0.39 is 0 Å². The van der Waals surface area contributed by atoms with E-state index in [1.54, 1.807) is 0 Å². The Morgan fingerprint density at radius 2 is 2.18 bits per heavy atom. The van der Waals surface area contributed by atoms with E-state index in [2.05, 4.69) is 20.4 Å². The lowest BCUT2D eigenvalue weighted by Gasteiger charge is -2.10. The first kappa shape index (κ1) is 12.3. The van der Waals surface area contributed by atoms with Gasteiger partial charge in [0.05, 0.1) is 5.69 Å². The van der Waals surface area contributed by atoms with Crippen molar-refractivity contribution in [3.63, 3.8) is 0 Å². The number of nitrogens with zero attached hydrogens (tertiary/aromatic N) is 3. The normalized spacial score (nSPS) is 15.2. The van der Waals surface area contributed by atoms with Gasteiger partial charge in [-0.1, -0.05) is 0 Å². The molecule has 1 saturated carbocycles. The summed E-state index contributed by atoms with van der Waals surface area (Å²) in [5.41, 5.74) is 0.969. The third-order valence-corrected chi connectivity index (χ3v) is 2.63. The SMILES string of the molecule is CN(C)CCOc1ccc(CNC2CC2)nn1. The average Bonchev–Trinajstić information content (AvgIpc) is 3.11. The van der Waals surface area contributed by atoms with Crippen molar-refractivity contribution in [3.8, 4) is 5.88 Å². The Hall–Kier alpha value is -1.20. The van der Waals surface area contributed by atoms with Crippen molar-refractivity contribution in [2.24, 2.45) is 0 Å². The number of nitrogens with one attached hydrogen (secondary N) is 1. The molecule has 0 bridgehead atoms. The summed E-state index contributed by atoms with van der Waals surface area (Å²) in [5.74, 6) is 0.599. The van der Waals surface area contributed by atoms with Crippen LogP contribution < -0.4 is 10.1 Å². The van der Waals surface area contributed by atoms with Crippen LogP contribution in [0.15, 0.2) is 12.1 Å². The summed E-state index contributed by atoms with van der Waals surface area (Å²) >= 11 is 0. The predicted molar refractivity (Wildman–Crippen MR) is 65.9 cm³/mol. The van der Waals surface area contributed by atoms with Gasteiger partial charge in [-0.2, -0.15) is 5.10 Å². The molecule has 1 N–H and O–H groups in total. The fourth-order valence-corrected chi connectivity index (χ4v) is 1.39. The molecule has 17 heavy (non-hydrogen) atoms. The number of hydrogen-bond acceptors (Lipinski definition) is 5. The Morgan fingerprint density at radius 3 is 2.76 bits per heavy atom. The number of ether oxygens (including phenoxy) is 1. The third-order valence-electron chi connectivity index (χ3n) is 2.63. The molecule has 0 radical (unpaired) electrons. The van der Waals surface area contributed by atoms with Crippen molar-refractivity contribution in [3.05, 3.63) is 17.8 Å². The molecular formula is C12H20N4O. The van der Waals surface area contributed by atoms with Gasteiger partial charge in [-0.25, -0.2) is 0 Å². The lowest BCUT2D eigenvalue weighted by molar-refractivity contribution is 0.251. The van der Waals surface area contributed by atoms with Gasteiger partial charge < -0.3 is 15.0 Å². The molecule has 5 heteroatoms. The molecule has 0 spiro atoms. The zero-order valence-electron chi connectivity index (χ0n) is 10.5. The first-order chi connectivity index (χ1) is 8.24. The molecule has 0 amide bonds. The monoisotopic (exact) mass is 236 g/mol. The first-order valence-electron chi connectivity index (χ1n) is 6.07. The highest BCUT2D eigenvalue weighted by atomic mass is 16.5. The van der Waals surface area contributed by atoms with Gasteiger partial charge in [0.15, 0.2) is 0 Å². The van der Waals surface area contributed by atoms with Crippen molar-refractivity contribution < 1.29 is 4.74 Å². The van der Waals surface area contributed by atoms with Gasteiger partial charge >= 0.3 is 0 Å². The maximum absolute atomic E-state index is 5.47. The van der Waals surface area contributed by atoms with Gasteiger partial charge in [0.1, 0.15) is 6.61 Å². The average molecular weight is 236 g/mol. The van der Waals surface area contributed by atoms with Crippen LogP contribution in [0.5, 0.6) is 5.88 Å². The van der Waals surface area contributed by atoms with Crippen molar-refractivity contribution in [1.29, 1.82) is 0 Å². The fraction of sp³-hybridized carbons (Fsp3) is 0.667. The van der Waals surface area contributed by atoms with Gasteiger partial charge in [0.2, 0.25) is 5.88 Å². The number of hydrogen-bond donors (Lipinski definition) is 1. The molecule has 0 saturated heterocycles. The van der Waals surface area contributed by atoms with E-state index in [4.69, 9.17) is 4.74 Å². The van der Waals surface area contributed by atoms with E-state index in [1.165, 1.54) is 12.8 Å². The van der Waals surface area contributed by atoms with E-state index in [0.717, 1.165) is 18.8 Å². The molecule has 1 aromatic heterocycles. The summed E-state index contributed by atoms with van der Waals surface area (Å²) in [6.07, 6.45) is 2.58. The number of aromatic nitrogens is 2. The minimum atomic E-state index is 0.599. The van der Waals surface area contributed by atoms with Crippen molar-refractivity contribution in [2.45, 2.75) is 25.4 Å². The van der Waals surface area contributed by atoms with Crippen LogP contribution in [-0.2, 0) is 6.54 Å². The Kier molecular flexibility index (Phi) is 4.28. The van der Waals surface area contributed by atoms with Gasteiger partial charge in [-0.05, 0) is 33.0 Å². The second-order valence-corrected chi connectivity index (χ2v) is 4.67. The molecule has 94 valence electrons. The lowest BCUT2D eigenvalue weighted by atomic mass is 10.4. The van der Waals surface area contributed by atoms with Gasteiger partial charge in [0, 0.05) is 25.2 Å². The van der Waals surface area contributed by atoms with Crippen LogP contribution in [0.2, 0.25) is 0 Å². The van der Waals surface area contributed by atoms with Crippen LogP contribution in [0.25, 0.3) is 0 Å². The molecule has 0 atom stereocenters. The number of rotatable bonds is 7. The topological polar surface area (TPSA) is 50.3 Å². The van der Waals surface area contributed by atoms with E-state index in [1.807, 2.05) is 26.2 Å². The second kappa shape index (κ2) is 5.93. The first-order valence-corrected chi connectivity index (χ1v) is 6.07. The lowest BCUT2D eigenvalue weighted by Crippen LogP contribution is -2.20. The fourth-order valence-electron chi connectivity index (χ4n) is 1.39. The second-order valence-electron chi connectivity index (χ2n) is 4.67. The predicted octanol–water partition coefficient (Wildman–Crippen LogP) is 0.669. The molecule has 1 aliphatic rings. The van der Waals surface area contributed by atoms with Crippen molar-refractivity contribution in [2.75, 3.05) is 27.2 Å². The van der Waals surface area contributed by atoms with Crippen LogP contribution in [-0.4, -0.2) is 48.4 Å². The van der Waals surface area contributed by atoms with Gasteiger partial charge in [0.25, 0.3) is 0 Å². The highest BCUT2D eigenvalue weighted by Gasteiger charge is 2.20. The minimum Gasteiger partial charge on any atom is -0.475 e. The summed E-state index contributed by atoms with van der Waals surface area (Å²) in [7, 11) is 4.03. The molecule has 0 aromatic carbocycles. The molecular weight excluding hydrogens is 216 g/mol. The third kappa shape index (κ3) is 4.66. The smallest absolute Gasteiger partial charge is 0.233 e. The molecule has 1 aliphatic carbocycles. The van der Waals surface area contributed by atoms with E-state index >= 15 is 0 Å². The Balaban J connectivity index is 1.72. The number of likely N-dealkylation sites (N-methyl/N-ethyl adjacent to an activating group) is 1. The highest BCUT2D eigenvalue weighted by molar-refractivity contribution is 5.11. The molecule has 1 aromatic rings. The molecule has 1 heterocycles. The summed E-state index contributed by atoms with van der Waals surface area (Å²) < 4.78 is 5.47. The maximum atomic E-state index is 5.47. The zero-order chi connectivity index (χ0) is 12.1. The van der Waals surface area contributed by atoms with E-state index in [-0.39, 0.29) is 0 Å². The Morgan fingerprint density at radius 1 is 1.35 bits per heavy atom. The van der Waals surface area contributed by atoms with E-state index in [9.17, 15) is 0 Å². The van der Waals surface area contributed by atoms with E-state index in [0.29, 0.717) is 18.5 Å². The largest absolute Gasteiger partial charge is 0.475 e. The van der Waals surface area contributed by atoms with Crippen LogP contribution in [0.4, 0.5) is 0 Å². The minimum absolute atomic E-state index is 0.599. The van der Waals surface area contributed by atoms with Crippen LogP contribution in [0, 0.1) is 0 Å². The quantitative estimate of drug-likeness (QED) is 0.754. The Labute approximate surface area is 102 Å². The van der Waals surface area contributed by atoms with Crippen LogP contribution >= 0.6 is 0 Å². The van der Waals surface area contributed by atoms with Gasteiger partial charge in [-0.3, -0.25) is 0 Å². The summed E-state index contributed by atoms with van der Waals surface area (Å²) in [4.78, 5) is 2.07. The maximum Gasteiger partial charge on any atom is 0.233 e. The standard InChI is InChI=1S/C12H20N4O/c1-16(2)7-8-17-12-6-5-11(14-15-12)9-13-10-3-4-10/h5-6,10,13H,3-4,7-9H2,1-2H3. The van der Waals surface area contributed by atoms with Crippen LogP contribution in [0.3, 0.4) is 0 Å². The van der Waals surface area contributed by atoms with Crippen LogP contribution in [0.1, 0.15) is 18.5 Å². The summed E-state index contributed by atoms with van der Waals surface area (Å²) in [5, 5.41) is 11.6. The van der Waals surface area contributed by atoms with Gasteiger partial charge in [-0.15, -0.1) is 5.10 Å². The molecule has 5 nitrogen and oxygen atoms in total. The summed E-state index contributed by atoms with van der Waals surface area (Å²) in [6.45, 7) is 2.32. The molecule has 2 rings (SSSR count).